The SMILES string of the molecule is CC(N)Cc1cnc(Cc2cccc(Br)c2)nc1. The monoisotopic (exact) mass is 305 g/mol. The number of aromatic nitrogens is 2. The van der Waals surface area contributed by atoms with Gasteiger partial charge in [-0.3, -0.25) is 0 Å². The number of halogens is 1. The molecule has 0 aliphatic carbocycles. The molecule has 0 aliphatic rings. The van der Waals surface area contributed by atoms with Crippen LogP contribution in [0.3, 0.4) is 0 Å². The molecular weight excluding hydrogens is 290 g/mol. The van der Waals surface area contributed by atoms with E-state index in [4.69, 9.17) is 5.73 Å². The van der Waals surface area contributed by atoms with Gasteiger partial charge in [0.1, 0.15) is 5.82 Å². The molecule has 3 nitrogen and oxygen atoms in total. The van der Waals surface area contributed by atoms with Crippen LogP contribution in [-0.4, -0.2) is 16.0 Å². The van der Waals surface area contributed by atoms with Gasteiger partial charge >= 0.3 is 0 Å². The fourth-order valence-corrected chi connectivity index (χ4v) is 2.23. The van der Waals surface area contributed by atoms with Gasteiger partial charge in [-0.15, -0.1) is 0 Å². The Hall–Kier alpha value is -1.26. The maximum absolute atomic E-state index is 5.74. The number of nitrogens with zero attached hydrogens (tertiary/aromatic N) is 2. The Morgan fingerprint density at radius 3 is 2.56 bits per heavy atom. The largest absolute Gasteiger partial charge is 0.328 e. The highest BCUT2D eigenvalue weighted by Crippen LogP contribution is 2.13. The van der Waals surface area contributed by atoms with Gasteiger partial charge in [0.05, 0.1) is 0 Å². The van der Waals surface area contributed by atoms with Crippen LogP contribution in [0, 0.1) is 0 Å². The van der Waals surface area contributed by atoms with E-state index in [1.54, 1.807) is 0 Å². The molecule has 0 saturated carbocycles. The maximum Gasteiger partial charge on any atom is 0.132 e. The van der Waals surface area contributed by atoms with E-state index in [-0.39, 0.29) is 6.04 Å². The molecule has 18 heavy (non-hydrogen) atoms. The molecule has 0 amide bonds. The van der Waals surface area contributed by atoms with E-state index < -0.39 is 0 Å². The van der Waals surface area contributed by atoms with E-state index >= 15 is 0 Å². The predicted octanol–water partition coefficient (Wildman–Crippen LogP) is 2.72. The fourth-order valence-electron chi connectivity index (χ4n) is 1.78. The van der Waals surface area contributed by atoms with Crippen LogP contribution in [0.5, 0.6) is 0 Å². The van der Waals surface area contributed by atoms with Crippen LogP contribution in [0.2, 0.25) is 0 Å². The Bertz CT molecular complexity index is 509. The summed E-state index contributed by atoms with van der Waals surface area (Å²) in [6, 6.07) is 8.33. The Morgan fingerprint density at radius 1 is 1.22 bits per heavy atom. The van der Waals surface area contributed by atoms with Gasteiger partial charge in [-0.1, -0.05) is 28.1 Å². The Labute approximate surface area is 116 Å². The lowest BCUT2D eigenvalue weighted by Gasteiger charge is -2.05. The highest BCUT2D eigenvalue weighted by atomic mass is 79.9. The minimum absolute atomic E-state index is 0.143. The van der Waals surface area contributed by atoms with Crippen molar-refractivity contribution in [1.29, 1.82) is 0 Å². The highest BCUT2D eigenvalue weighted by Gasteiger charge is 2.02. The smallest absolute Gasteiger partial charge is 0.132 e. The quantitative estimate of drug-likeness (QED) is 0.945. The normalized spacial score (nSPS) is 12.4. The molecule has 0 aliphatic heterocycles. The molecule has 2 N–H and O–H groups in total. The second kappa shape index (κ2) is 6.07. The number of rotatable bonds is 4. The highest BCUT2D eigenvalue weighted by molar-refractivity contribution is 9.10. The Balaban J connectivity index is 2.06. The molecule has 1 heterocycles. The van der Waals surface area contributed by atoms with E-state index in [2.05, 4.69) is 38.0 Å². The van der Waals surface area contributed by atoms with Crippen molar-refractivity contribution < 1.29 is 0 Å². The van der Waals surface area contributed by atoms with Gasteiger partial charge in [0.25, 0.3) is 0 Å². The summed E-state index contributed by atoms with van der Waals surface area (Å²) < 4.78 is 1.08. The van der Waals surface area contributed by atoms with Crippen LogP contribution in [0.1, 0.15) is 23.9 Å². The summed E-state index contributed by atoms with van der Waals surface area (Å²) in [5, 5.41) is 0. The van der Waals surface area contributed by atoms with Gasteiger partial charge in [0, 0.05) is 29.3 Å². The molecule has 0 spiro atoms. The molecule has 2 rings (SSSR count). The lowest BCUT2D eigenvalue weighted by molar-refractivity contribution is 0.729. The molecule has 0 fully saturated rings. The van der Waals surface area contributed by atoms with E-state index in [1.807, 2.05) is 31.5 Å². The summed E-state index contributed by atoms with van der Waals surface area (Å²) >= 11 is 3.46. The second-order valence-corrected chi connectivity index (χ2v) is 5.41. The Morgan fingerprint density at radius 2 is 1.94 bits per heavy atom. The molecule has 1 atom stereocenters. The van der Waals surface area contributed by atoms with Crippen LogP contribution in [-0.2, 0) is 12.8 Å². The molecule has 1 aromatic heterocycles. The molecular formula is C14H16BrN3. The lowest BCUT2D eigenvalue weighted by atomic mass is 10.1. The number of benzene rings is 1. The first-order valence-corrected chi connectivity index (χ1v) is 6.72. The van der Waals surface area contributed by atoms with Gasteiger partial charge in [-0.2, -0.15) is 0 Å². The molecule has 1 aromatic carbocycles. The van der Waals surface area contributed by atoms with Crippen molar-refractivity contribution in [3.05, 3.63) is 58.1 Å². The Kier molecular flexibility index (Phi) is 4.44. The zero-order valence-corrected chi connectivity index (χ0v) is 11.9. The standard InChI is InChI=1S/C14H16BrN3/c1-10(16)5-12-8-17-14(18-9-12)7-11-3-2-4-13(15)6-11/h2-4,6,8-10H,5,7,16H2,1H3. The van der Waals surface area contributed by atoms with E-state index in [0.717, 1.165) is 28.7 Å². The molecule has 94 valence electrons. The van der Waals surface area contributed by atoms with E-state index in [9.17, 15) is 0 Å². The van der Waals surface area contributed by atoms with Crippen molar-refractivity contribution in [3.63, 3.8) is 0 Å². The summed E-state index contributed by atoms with van der Waals surface area (Å²) in [6.45, 7) is 1.98. The summed E-state index contributed by atoms with van der Waals surface area (Å²) in [7, 11) is 0. The van der Waals surface area contributed by atoms with Crippen molar-refractivity contribution >= 4 is 15.9 Å². The first-order chi connectivity index (χ1) is 8.63. The minimum atomic E-state index is 0.143. The molecule has 1 unspecified atom stereocenters. The van der Waals surface area contributed by atoms with Crippen LogP contribution in [0.25, 0.3) is 0 Å². The van der Waals surface area contributed by atoms with Crippen molar-refractivity contribution in [1.82, 2.24) is 9.97 Å². The molecule has 0 radical (unpaired) electrons. The zero-order chi connectivity index (χ0) is 13.0. The molecule has 0 bridgehead atoms. The molecule has 4 heteroatoms. The van der Waals surface area contributed by atoms with Gasteiger partial charge < -0.3 is 5.73 Å². The van der Waals surface area contributed by atoms with Crippen LogP contribution >= 0.6 is 15.9 Å². The number of hydrogen-bond donors (Lipinski definition) is 1. The van der Waals surface area contributed by atoms with Gasteiger partial charge in [-0.25, -0.2) is 9.97 Å². The third-order valence-electron chi connectivity index (χ3n) is 2.57. The lowest BCUT2D eigenvalue weighted by Crippen LogP contribution is -2.18. The molecule has 2 aromatic rings. The van der Waals surface area contributed by atoms with Gasteiger partial charge in [0.15, 0.2) is 0 Å². The maximum atomic E-state index is 5.74. The molecule has 0 saturated heterocycles. The van der Waals surface area contributed by atoms with Crippen LogP contribution in [0.15, 0.2) is 41.1 Å². The van der Waals surface area contributed by atoms with Gasteiger partial charge in [0.2, 0.25) is 0 Å². The van der Waals surface area contributed by atoms with Crippen LogP contribution in [0.4, 0.5) is 0 Å². The first kappa shape index (κ1) is 13.2. The summed E-state index contributed by atoms with van der Waals surface area (Å²) in [5.41, 5.74) is 8.03. The summed E-state index contributed by atoms with van der Waals surface area (Å²) in [5.74, 6) is 0.835. The van der Waals surface area contributed by atoms with Crippen molar-refractivity contribution in [3.8, 4) is 0 Å². The summed E-state index contributed by atoms with van der Waals surface area (Å²) in [6.07, 6.45) is 5.29. The average Bonchev–Trinajstić information content (AvgIpc) is 2.31. The summed E-state index contributed by atoms with van der Waals surface area (Å²) in [4.78, 5) is 8.75. The minimum Gasteiger partial charge on any atom is -0.328 e. The zero-order valence-electron chi connectivity index (χ0n) is 10.3. The fraction of sp³-hybridized carbons (Fsp3) is 0.286. The van der Waals surface area contributed by atoms with Crippen LogP contribution < -0.4 is 5.73 Å². The third-order valence-corrected chi connectivity index (χ3v) is 3.06. The average molecular weight is 306 g/mol. The predicted molar refractivity (Wildman–Crippen MR) is 76.3 cm³/mol. The van der Waals surface area contributed by atoms with Gasteiger partial charge in [-0.05, 0) is 36.6 Å². The van der Waals surface area contributed by atoms with E-state index in [1.165, 1.54) is 5.56 Å². The topological polar surface area (TPSA) is 51.8 Å². The van der Waals surface area contributed by atoms with Crippen molar-refractivity contribution in [2.45, 2.75) is 25.8 Å². The van der Waals surface area contributed by atoms with Crippen molar-refractivity contribution in [2.75, 3.05) is 0 Å². The first-order valence-electron chi connectivity index (χ1n) is 5.93. The number of hydrogen-bond acceptors (Lipinski definition) is 3. The van der Waals surface area contributed by atoms with E-state index in [0.29, 0.717) is 0 Å². The number of nitrogens with two attached hydrogens (primary N) is 1. The third kappa shape index (κ3) is 3.89. The van der Waals surface area contributed by atoms with Crippen molar-refractivity contribution in [2.24, 2.45) is 5.73 Å². The second-order valence-electron chi connectivity index (χ2n) is 4.50.